The summed E-state index contributed by atoms with van der Waals surface area (Å²) < 4.78 is 0. The van der Waals surface area contributed by atoms with E-state index in [1.807, 2.05) is 13.1 Å². The Balaban J connectivity index is 1.60. The van der Waals surface area contributed by atoms with E-state index in [4.69, 9.17) is 5.11 Å². The van der Waals surface area contributed by atoms with Crippen molar-refractivity contribution in [1.82, 2.24) is 15.6 Å². The SMILES string of the molecule is Cc1cnc(CCNC(=O)NCC2(CO)CC2)s1. The highest BCUT2D eigenvalue weighted by Gasteiger charge is 2.41. The Hall–Kier alpha value is -1.14. The number of nitrogens with one attached hydrogen (secondary N) is 2. The number of aromatic nitrogens is 1. The molecule has 6 heteroatoms. The van der Waals surface area contributed by atoms with E-state index in [9.17, 15) is 4.79 Å². The first-order valence-corrected chi connectivity index (χ1v) is 6.99. The molecule has 1 aromatic rings. The number of carbonyl (C=O) groups excluding carboxylic acids is 1. The summed E-state index contributed by atoms with van der Waals surface area (Å²) in [6.45, 7) is 3.33. The van der Waals surface area contributed by atoms with Crippen molar-refractivity contribution in [2.45, 2.75) is 26.2 Å². The lowest BCUT2D eigenvalue weighted by Gasteiger charge is -2.13. The van der Waals surface area contributed by atoms with Gasteiger partial charge in [0.1, 0.15) is 0 Å². The Kier molecular flexibility index (Phi) is 4.19. The van der Waals surface area contributed by atoms with Gasteiger partial charge < -0.3 is 15.7 Å². The summed E-state index contributed by atoms with van der Waals surface area (Å²) in [6.07, 6.45) is 4.61. The van der Waals surface area contributed by atoms with Gasteiger partial charge in [-0.1, -0.05) is 0 Å². The Morgan fingerprint density at radius 1 is 1.56 bits per heavy atom. The van der Waals surface area contributed by atoms with Gasteiger partial charge in [-0.3, -0.25) is 0 Å². The summed E-state index contributed by atoms with van der Waals surface area (Å²) in [4.78, 5) is 16.9. The quantitative estimate of drug-likeness (QED) is 0.723. The van der Waals surface area contributed by atoms with Crippen LogP contribution < -0.4 is 10.6 Å². The molecule has 0 unspecified atom stereocenters. The van der Waals surface area contributed by atoms with Crippen LogP contribution in [-0.4, -0.2) is 35.8 Å². The molecule has 0 aromatic carbocycles. The molecule has 2 amide bonds. The number of aliphatic hydroxyl groups is 1. The zero-order chi connectivity index (χ0) is 13.0. The maximum atomic E-state index is 11.5. The van der Waals surface area contributed by atoms with Crippen LogP contribution in [0.4, 0.5) is 4.79 Å². The summed E-state index contributed by atoms with van der Waals surface area (Å²) in [5, 5.41) is 15.8. The van der Waals surface area contributed by atoms with Crippen molar-refractivity contribution in [3.05, 3.63) is 16.1 Å². The van der Waals surface area contributed by atoms with E-state index in [1.54, 1.807) is 11.3 Å². The second-order valence-corrected chi connectivity index (χ2v) is 6.20. The van der Waals surface area contributed by atoms with Gasteiger partial charge in [0, 0.05) is 36.0 Å². The molecule has 2 rings (SSSR count). The van der Waals surface area contributed by atoms with Gasteiger partial charge in [0.15, 0.2) is 0 Å². The number of aliphatic hydroxyl groups excluding tert-OH is 1. The topological polar surface area (TPSA) is 74.2 Å². The Morgan fingerprint density at radius 2 is 2.33 bits per heavy atom. The summed E-state index contributed by atoms with van der Waals surface area (Å²) in [5.74, 6) is 0. The average Bonchev–Trinajstić information content (AvgIpc) is 3.04. The Bertz CT molecular complexity index is 415. The lowest BCUT2D eigenvalue weighted by Crippen LogP contribution is -2.40. The van der Waals surface area contributed by atoms with Crippen LogP contribution >= 0.6 is 11.3 Å². The molecule has 5 nitrogen and oxygen atoms in total. The smallest absolute Gasteiger partial charge is 0.314 e. The van der Waals surface area contributed by atoms with E-state index in [2.05, 4.69) is 15.6 Å². The summed E-state index contributed by atoms with van der Waals surface area (Å²) in [7, 11) is 0. The minimum atomic E-state index is -0.164. The molecule has 0 aliphatic heterocycles. The number of nitrogens with zero attached hydrogens (tertiary/aromatic N) is 1. The predicted octanol–water partition coefficient (Wildman–Crippen LogP) is 1.07. The normalized spacial score (nSPS) is 16.3. The van der Waals surface area contributed by atoms with Crippen molar-refractivity contribution in [3.63, 3.8) is 0 Å². The Labute approximate surface area is 111 Å². The molecule has 0 spiro atoms. The molecule has 100 valence electrons. The number of thiazole rings is 1. The van der Waals surface area contributed by atoms with Crippen LogP contribution in [0.25, 0.3) is 0 Å². The number of carbonyl (C=O) groups is 1. The van der Waals surface area contributed by atoms with Gasteiger partial charge in [-0.25, -0.2) is 9.78 Å². The standard InChI is InChI=1S/C12H19N3O2S/c1-9-6-14-10(18-9)2-5-13-11(17)15-7-12(8-16)3-4-12/h6,16H,2-5,7-8H2,1H3,(H2,13,15,17). The van der Waals surface area contributed by atoms with Crippen LogP contribution in [0.5, 0.6) is 0 Å². The lowest BCUT2D eigenvalue weighted by atomic mass is 10.1. The van der Waals surface area contributed by atoms with Gasteiger partial charge in [0.05, 0.1) is 11.6 Å². The van der Waals surface area contributed by atoms with Gasteiger partial charge in [-0.2, -0.15) is 0 Å². The van der Waals surface area contributed by atoms with Crippen LogP contribution in [0.3, 0.4) is 0 Å². The largest absolute Gasteiger partial charge is 0.396 e. The molecule has 18 heavy (non-hydrogen) atoms. The summed E-state index contributed by atoms with van der Waals surface area (Å²) in [6, 6.07) is -0.164. The first-order chi connectivity index (χ1) is 8.63. The lowest BCUT2D eigenvalue weighted by molar-refractivity contribution is 0.203. The molecule has 1 aromatic heterocycles. The number of aryl methyl sites for hydroxylation is 1. The monoisotopic (exact) mass is 269 g/mol. The third-order valence-corrected chi connectivity index (χ3v) is 4.18. The maximum Gasteiger partial charge on any atom is 0.314 e. The van der Waals surface area contributed by atoms with Crippen molar-refractivity contribution in [3.8, 4) is 0 Å². The average molecular weight is 269 g/mol. The number of hydrogen-bond donors (Lipinski definition) is 3. The minimum absolute atomic E-state index is 0.0379. The first kappa shape index (κ1) is 13.3. The van der Waals surface area contributed by atoms with E-state index in [0.29, 0.717) is 13.1 Å². The molecule has 1 heterocycles. The minimum Gasteiger partial charge on any atom is -0.396 e. The number of hydrogen-bond acceptors (Lipinski definition) is 4. The van der Waals surface area contributed by atoms with Crippen LogP contribution in [0.2, 0.25) is 0 Å². The zero-order valence-electron chi connectivity index (χ0n) is 10.5. The number of rotatable bonds is 6. The predicted molar refractivity (Wildman–Crippen MR) is 70.7 cm³/mol. The highest BCUT2D eigenvalue weighted by atomic mass is 32.1. The molecular weight excluding hydrogens is 250 g/mol. The van der Waals surface area contributed by atoms with Crippen molar-refractivity contribution >= 4 is 17.4 Å². The fourth-order valence-corrected chi connectivity index (χ4v) is 2.48. The number of amides is 2. The summed E-state index contributed by atoms with van der Waals surface area (Å²) in [5.41, 5.74) is -0.0379. The van der Waals surface area contributed by atoms with Crippen LogP contribution in [0.15, 0.2) is 6.20 Å². The van der Waals surface area contributed by atoms with Gasteiger partial charge in [0.25, 0.3) is 0 Å². The van der Waals surface area contributed by atoms with E-state index >= 15 is 0 Å². The Morgan fingerprint density at radius 3 is 2.89 bits per heavy atom. The maximum absolute atomic E-state index is 11.5. The van der Waals surface area contributed by atoms with Gasteiger partial charge in [-0.05, 0) is 19.8 Å². The molecule has 0 bridgehead atoms. The molecule has 3 N–H and O–H groups in total. The second-order valence-electron chi connectivity index (χ2n) is 4.88. The molecule has 0 atom stereocenters. The van der Waals surface area contributed by atoms with Gasteiger partial charge >= 0.3 is 6.03 Å². The number of urea groups is 1. The van der Waals surface area contributed by atoms with E-state index in [-0.39, 0.29) is 18.1 Å². The molecule has 1 fully saturated rings. The fraction of sp³-hybridized carbons (Fsp3) is 0.667. The van der Waals surface area contributed by atoms with Crippen LogP contribution in [0, 0.1) is 12.3 Å². The van der Waals surface area contributed by atoms with Gasteiger partial charge in [-0.15, -0.1) is 11.3 Å². The van der Waals surface area contributed by atoms with Crippen molar-refractivity contribution in [2.75, 3.05) is 19.7 Å². The first-order valence-electron chi connectivity index (χ1n) is 6.17. The zero-order valence-corrected chi connectivity index (χ0v) is 11.3. The third-order valence-electron chi connectivity index (χ3n) is 3.21. The van der Waals surface area contributed by atoms with Crippen LogP contribution in [-0.2, 0) is 6.42 Å². The molecule has 1 aliphatic carbocycles. The van der Waals surface area contributed by atoms with Crippen LogP contribution in [0.1, 0.15) is 22.7 Å². The van der Waals surface area contributed by atoms with E-state index in [1.165, 1.54) is 4.88 Å². The molecule has 1 saturated carbocycles. The van der Waals surface area contributed by atoms with Gasteiger partial charge in [0.2, 0.25) is 0 Å². The fourth-order valence-electron chi connectivity index (χ4n) is 1.70. The van der Waals surface area contributed by atoms with E-state index in [0.717, 1.165) is 24.3 Å². The molecule has 1 aliphatic rings. The van der Waals surface area contributed by atoms with Crippen molar-refractivity contribution in [2.24, 2.45) is 5.41 Å². The highest BCUT2D eigenvalue weighted by Crippen LogP contribution is 2.44. The third kappa shape index (κ3) is 3.68. The van der Waals surface area contributed by atoms with E-state index < -0.39 is 0 Å². The summed E-state index contributed by atoms with van der Waals surface area (Å²) >= 11 is 1.65. The highest BCUT2D eigenvalue weighted by molar-refractivity contribution is 7.11. The molecule has 0 saturated heterocycles. The molecule has 0 radical (unpaired) electrons. The van der Waals surface area contributed by atoms with Crippen molar-refractivity contribution < 1.29 is 9.90 Å². The van der Waals surface area contributed by atoms with Crippen molar-refractivity contribution in [1.29, 1.82) is 0 Å². The second kappa shape index (κ2) is 5.67. The molecular formula is C12H19N3O2S.